The molecule has 3 nitrogen and oxygen atoms in total. The maximum Gasteiger partial charge on any atom is 0.134 e. The van der Waals surface area contributed by atoms with E-state index in [-0.39, 0.29) is 0 Å². The molecule has 1 aliphatic rings. The fourth-order valence-corrected chi connectivity index (χ4v) is 3.61. The second kappa shape index (κ2) is 6.42. The Kier molecular flexibility index (Phi) is 4.13. The van der Waals surface area contributed by atoms with Gasteiger partial charge in [-0.15, -0.1) is 0 Å². The maximum atomic E-state index is 10.9. The van der Waals surface area contributed by atoms with Crippen molar-refractivity contribution in [3.8, 4) is 0 Å². The molecular formula is C21H23NO2. The summed E-state index contributed by atoms with van der Waals surface area (Å²) in [6, 6.07) is 20.3. The maximum absolute atomic E-state index is 10.9. The molecule has 124 valence electrons. The van der Waals surface area contributed by atoms with Crippen LogP contribution in [0.3, 0.4) is 0 Å². The monoisotopic (exact) mass is 321 g/mol. The molecule has 1 N–H and O–H groups in total. The van der Waals surface area contributed by atoms with Crippen LogP contribution in [0, 0.1) is 0 Å². The van der Waals surface area contributed by atoms with E-state index >= 15 is 0 Å². The van der Waals surface area contributed by atoms with E-state index in [0.717, 1.165) is 55.8 Å². The van der Waals surface area contributed by atoms with Gasteiger partial charge < -0.3 is 14.4 Å². The number of furan rings is 1. The lowest BCUT2D eigenvalue weighted by atomic mass is 9.84. The third kappa shape index (κ3) is 3.10. The van der Waals surface area contributed by atoms with Crippen molar-refractivity contribution in [2.45, 2.75) is 24.9 Å². The molecule has 0 saturated carbocycles. The molecule has 1 aromatic heterocycles. The van der Waals surface area contributed by atoms with Gasteiger partial charge in [-0.3, -0.25) is 0 Å². The van der Waals surface area contributed by atoms with Gasteiger partial charge in [0.25, 0.3) is 0 Å². The Morgan fingerprint density at radius 1 is 0.958 bits per heavy atom. The van der Waals surface area contributed by atoms with Gasteiger partial charge in [0.05, 0.1) is 5.60 Å². The zero-order valence-electron chi connectivity index (χ0n) is 13.8. The van der Waals surface area contributed by atoms with Crippen LogP contribution in [-0.4, -0.2) is 29.6 Å². The van der Waals surface area contributed by atoms with Crippen molar-refractivity contribution in [3.05, 3.63) is 72.0 Å². The SMILES string of the molecule is OC1(c2ccccc2)CCN(CCc2cc3ccccc3o2)CC1. The predicted molar refractivity (Wildman–Crippen MR) is 95.9 cm³/mol. The third-order valence-electron chi connectivity index (χ3n) is 5.15. The smallest absolute Gasteiger partial charge is 0.134 e. The average Bonchev–Trinajstić information content (AvgIpc) is 3.05. The topological polar surface area (TPSA) is 36.6 Å². The zero-order chi connectivity index (χ0) is 16.4. The first-order valence-corrected chi connectivity index (χ1v) is 8.71. The second-order valence-electron chi connectivity index (χ2n) is 6.74. The summed E-state index contributed by atoms with van der Waals surface area (Å²) in [5.74, 6) is 1.04. The van der Waals surface area contributed by atoms with Gasteiger partial charge in [0, 0.05) is 31.4 Å². The summed E-state index contributed by atoms with van der Waals surface area (Å²) in [5.41, 5.74) is 1.34. The number of nitrogens with zero attached hydrogens (tertiary/aromatic N) is 1. The quantitative estimate of drug-likeness (QED) is 0.790. The number of piperidine rings is 1. The number of benzene rings is 2. The number of hydrogen-bond acceptors (Lipinski definition) is 3. The van der Waals surface area contributed by atoms with Crippen LogP contribution in [0.25, 0.3) is 11.0 Å². The highest BCUT2D eigenvalue weighted by Gasteiger charge is 2.33. The molecule has 0 bridgehead atoms. The summed E-state index contributed by atoms with van der Waals surface area (Å²) in [7, 11) is 0. The van der Waals surface area contributed by atoms with Crippen LogP contribution in [-0.2, 0) is 12.0 Å². The van der Waals surface area contributed by atoms with Crippen molar-refractivity contribution in [2.24, 2.45) is 0 Å². The van der Waals surface area contributed by atoms with E-state index < -0.39 is 5.60 Å². The van der Waals surface area contributed by atoms with E-state index in [1.807, 2.05) is 48.5 Å². The first-order chi connectivity index (χ1) is 11.7. The minimum absolute atomic E-state index is 0.670. The van der Waals surface area contributed by atoms with E-state index in [9.17, 15) is 5.11 Å². The van der Waals surface area contributed by atoms with Gasteiger partial charge >= 0.3 is 0 Å². The van der Waals surface area contributed by atoms with Crippen molar-refractivity contribution < 1.29 is 9.52 Å². The molecule has 2 aromatic carbocycles. The Balaban J connectivity index is 1.35. The number of hydrogen-bond donors (Lipinski definition) is 1. The highest BCUT2D eigenvalue weighted by atomic mass is 16.3. The lowest BCUT2D eigenvalue weighted by Crippen LogP contribution is -2.43. The minimum atomic E-state index is -0.670. The number of rotatable bonds is 4. The van der Waals surface area contributed by atoms with Crippen LogP contribution in [0.15, 0.2) is 65.1 Å². The van der Waals surface area contributed by atoms with E-state index in [1.165, 1.54) is 5.39 Å². The molecular weight excluding hydrogens is 298 g/mol. The molecule has 1 fully saturated rings. The Morgan fingerprint density at radius 3 is 2.42 bits per heavy atom. The van der Waals surface area contributed by atoms with Gasteiger partial charge in [0.2, 0.25) is 0 Å². The molecule has 0 atom stereocenters. The summed E-state index contributed by atoms with van der Waals surface area (Å²) in [5, 5.41) is 12.1. The molecule has 3 heteroatoms. The van der Waals surface area contributed by atoms with Crippen molar-refractivity contribution in [1.82, 2.24) is 4.90 Å². The van der Waals surface area contributed by atoms with E-state index in [4.69, 9.17) is 4.42 Å². The molecule has 0 amide bonds. The molecule has 0 spiro atoms. The summed E-state index contributed by atoms with van der Waals surface area (Å²) < 4.78 is 5.89. The van der Waals surface area contributed by atoms with Gasteiger partial charge in [-0.1, -0.05) is 48.5 Å². The lowest BCUT2D eigenvalue weighted by molar-refractivity contribution is -0.0257. The van der Waals surface area contributed by atoms with Gasteiger partial charge in [-0.2, -0.15) is 0 Å². The summed E-state index contributed by atoms with van der Waals surface area (Å²) in [6.07, 6.45) is 2.49. The number of likely N-dealkylation sites (tertiary alicyclic amines) is 1. The lowest BCUT2D eigenvalue weighted by Gasteiger charge is -2.38. The van der Waals surface area contributed by atoms with Crippen LogP contribution in [0.1, 0.15) is 24.2 Å². The Bertz CT molecular complexity index is 768. The first-order valence-electron chi connectivity index (χ1n) is 8.71. The predicted octanol–water partition coefficient (Wildman–Crippen LogP) is 3.96. The molecule has 1 aliphatic heterocycles. The average molecular weight is 321 g/mol. The molecule has 24 heavy (non-hydrogen) atoms. The molecule has 4 rings (SSSR count). The third-order valence-corrected chi connectivity index (χ3v) is 5.15. The number of aliphatic hydroxyl groups is 1. The Labute approximate surface area is 142 Å². The van der Waals surface area contributed by atoms with Crippen LogP contribution in [0.4, 0.5) is 0 Å². The van der Waals surface area contributed by atoms with Gasteiger partial charge in [0.15, 0.2) is 0 Å². The fraction of sp³-hybridized carbons (Fsp3) is 0.333. The molecule has 1 saturated heterocycles. The van der Waals surface area contributed by atoms with E-state index in [1.54, 1.807) is 0 Å². The largest absolute Gasteiger partial charge is 0.461 e. The molecule has 0 radical (unpaired) electrons. The van der Waals surface area contributed by atoms with Crippen LogP contribution in [0.5, 0.6) is 0 Å². The van der Waals surface area contributed by atoms with Gasteiger partial charge in [0.1, 0.15) is 11.3 Å². The van der Waals surface area contributed by atoms with E-state index in [0.29, 0.717) is 0 Å². The van der Waals surface area contributed by atoms with Crippen LogP contribution in [0.2, 0.25) is 0 Å². The summed E-state index contributed by atoms with van der Waals surface area (Å²) >= 11 is 0. The Morgan fingerprint density at radius 2 is 1.67 bits per heavy atom. The summed E-state index contributed by atoms with van der Waals surface area (Å²) in [6.45, 7) is 2.82. The second-order valence-corrected chi connectivity index (χ2v) is 6.74. The highest BCUT2D eigenvalue weighted by molar-refractivity contribution is 5.77. The molecule has 0 aliphatic carbocycles. The van der Waals surface area contributed by atoms with Crippen molar-refractivity contribution in [3.63, 3.8) is 0 Å². The minimum Gasteiger partial charge on any atom is -0.461 e. The normalized spacial score (nSPS) is 18.0. The fourth-order valence-electron chi connectivity index (χ4n) is 3.61. The van der Waals surface area contributed by atoms with Crippen molar-refractivity contribution >= 4 is 11.0 Å². The number of fused-ring (bicyclic) bond motifs is 1. The standard InChI is InChI=1S/C21H23NO2/c23-21(18-7-2-1-3-8-18)11-14-22(15-12-21)13-10-19-16-17-6-4-5-9-20(17)24-19/h1-9,16,23H,10-15H2. The van der Waals surface area contributed by atoms with E-state index in [2.05, 4.69) is 17.0 Å². The molecule has 2 heterocycles. The number of para-hydroxylation sites is 1. The van der Waals surface area contributed by atoms with Gasteiger partial charge in [-0.25, -0.2) is 0 Å². The zero-order valence-corrected chi connectivity index (χ0v) is 13.8. The van der Waals surface area contributed by atoms with Crippen molar-refractivity contribution in [2.75, 3.05) is 19.6 Å². The summed E-state index contributed by atoms with van der Waals surface area (Å²) in [4.78, 5) is 2.42. The van der Waals surface area contributed by atoms with Crippen LogP contribution < -0.4 is 0 Å². The highest BCUT2D eigenvalue weighted by Crippen LogP contribution is 2.32. The van der Waals surface area contributed by atoms with Crippen LogP contribution >= 0.6 is 0 Å². The van der Waals surface area contributed by atoms with Crippen molar-refractivity contribution in [1.29, 1.82) is 0 Å². The first kappa shape index (κ1) is 15.4. The molecule has 0 unspecified atom stereocenters. The van der Waals surface area contributed by atoms with Gasteiger partial charge in [-0.05, 0) is 30.5 Å². The molecule has 3 aromatic rings. The Hall–Kier alpha value is -2.10.